The van der Waals surface area contributed by atoms with Crippen LogP contribution in [0, 0.1) is 0 Å². The average Bonchev–Trinajstić information content (AvgIpc) is 2.78. The standard InChI is InChI=1S/C12H19N3O2/c1-8(2)14-12(16)10-7-17-15-11(10)9-3-5-13-6-4-9/h7-9,13H,3-6H2,1-2H3,(H,14,16). The lowest BCUT2D eigenvalue weighted by Gasteiger charge is -2.21. The molecule has 5 nitrogen and oxygen atoms in total. The van der Waals surface area contributed by atoms with Crippen molar-refractivity contribution in [3.63, 3.8) is 0 Å². The van der Waals surface area contributed by atoms with Gasteiger partial charge < -0.3 is 15.2 Å². The van der Waals surface area contributed by atoms with E-state index in [4.69, 9.17) is 4.52 Å². The molecule has 1 saturated heterocycles. The number of rotatable bonds is 3. The molecule has 0 aromatic carbocycles. The Balaban J connectivity index is 2.12. The molecule has 1 fully saturated rings. The second-order valence-electron chi connectivity index (χ2n) is 4.77. The van der Waals surface area contributed by atoms with Crippen molar-refractivity contribution in [1.29, 1.82) is 0 Å². The molecular formula is C12H19N3O2. The van der Waals surface area contributed by atoms with Gasteiger partial charge in [-0.25, -0.2) is 0 Å². The van der Waals surface area contributed by atoms with Crippen LogP contribution in [0.2, 0.25) is 0 Å². The highest BCUT2D eigenvalue weighted by Crippen LogP contribution is 2.26. The zero-order valence-electron chi connectivity index (χ0n) is 10.3. The van der Waals surface area contributed by atoms with Crippen LogP contribution in [-0.2, 0) is 0 Å². The molecule has 94 valence electrons. The molecule has 0 atom stereocenters. The van der Waals surface area contributed by atoms with Crippen LogP contribution in [0.5, 0.6) is 0 Å². The van der Waals surface area contributed by atoms with E-state index < -0.39 is 0 Å². The average molecular weight is 237 g/mol. The third-order valence-corrected chi connectivity index (χ3v) is 2.99. The largest absolute Gasteiger partial charge is 0.364 e. The second-order valence-corrected chi connectivity index (χ2v) is 4.77. The summed E-state index contributed by atoms with van der Waals surface area (Å²) in [5.41, 5.74) is 1.40. The molecule has 1 amide bonds. The number of piperidine rings is 1. The first-order valence-corrected chi connectivity index (χ1v) is 6.14. The smallest absolute Gasteiger partial charge is 0.256 e. The summed E-state index contributed by atoms with van der Waals surface area (Å²) in [4.78, 5) is 12.0. The van der Waals surface area contributed by atoms with Gasteiger partial charge in [0.15, 0.2) is 0 Å². The molecule has 0 radical (unpaired) electrons. The zero-order valence-corrected chi connectivity index (χ0v) is 10.3. The van der Waals surface area contributed by atoms with E-state index in [-0.39, 0.29) is 11.9 Å². The van der Waals surface area contributed by atoms with E-state index in [0.29, 0.717) is 11.5 Å². The maximum absolute atomic E-state index is 12.0. The number of amides is 1. The van der Waals surface area contributed by atoms with Gasteiger partial charge in [-0.3, -0.25) is 4.79 Å². The zero-order chi connectivity index (χ0) is 12.3. The topological polar surface area (TPSA) is 67.2 Å². The normalized spacial score (nSPS) is 17.4. The molecule has 17 heavy (non-hydrogen) atoms. The molecule has 2 heterocycles. The van der Waals surface area contributed by atoms with Crippen molar-refractivity contribution in [2.75, 3.05) is 13.1 Å². The fourth-order valence-corrected chi connectivity index (χ4v) is 2.14. The summed E-state index contributed by atoms with van der Waals surface area (Å²) in [6.45, 7) is 5.83. The molecule has 0 spiro atoms. The van der Waals surface area contributed by atoms with E-state index in [1.165, 1.54) is 6.26 Å². The summed E-state index contributed by atoms with van der Waals surface area (Å²) in [6, 6.07) is 0.123. The van der Waals surface area contributed by atoms with Crippen molar-refractivity contribution in [3.05, 3.63) is 17.5 Å². The molecule has 1 aliphatic rings. The minimum atomic E-state index is -0.0882. The number of carbonyl (C=O) groups is 1. The van der Waals surface area contributed by atoms with Gasteiger partial charge in [0.1, 0.15) is 11.8 Å². The van der Waals surface area contributed by atoms with Crippen molar-refractivity contribution >= 4 is 5.91 Å². The minimum absolute atomic E-state index is 0.0882. The monoisotopic (exact) mass is 237 g/mol. The van der Waals surface area contributed by atoms with Gasteiger partial charge in [-0.15, -0.1) is 0 Å². The second kappa shape index (κ2) is 5.31. The molecule has 0 saturated carbocycles. The summed E-state index contributed by atoms with van der Waals surface area (Å²) >= 11 is 0. The summed E-state index contributed by atoms with van der Waals surface area (Å²) in [5, 5.41) is 10.2. The van der Waals surface area contributed by atoms with Crippen LogP contribution in [0.25, 0.3) is 0 Å². The van der Waals surface area contributed by atoms with Crippen LogP contribution in [-0.4, -0.2) is 30.2 Å². The Labute approximate surface area is 101 Å². The van der Waals surface area contributed by atoms with Gasteiger partial charge in [-0.1, -0.05) is 5.16 Å². The molecule has 0 bridgehead atoms. The Hall–Kier alpha value is -1.36. The molecule has 1 aromatic rings. The van der Waals surface area contributed by atoms with E-state index in [2.05, 4.69) is 15.8 Å². The van der Waals surface area contributed by atoms with Crippen LogP contribution in [0.1, 0.15) is 48.7 Å². The number of aromatic nitrogens is 1. The predicted octanol–water partition coefficient (Wildman–Crippen LogP) is 1.28. The fraction of sp³-hybridized carbons (Fsp3) is 0.667. The first-order chi connectivity index (χ1) is 8.18. The summed E-state index contributed by atoms with van der Waals surface area (Å²) in [6.07, 6.45) is 3.47. The first kappa shape index (κ1) is 12.1. The molecule has 0 unspecified atom stereocenters. The quantitative estimate of drug-likeness (QED) is 0.831. The molecule has 5 heteroatoms. The molecule has 1 aliphatic heterocycles. The lowest BCUT2D eigenvalue weighted by molar-refractivity contribution is 0.0941. The molecule has 2 rings (SSSR count). The van der Waals surface area contributed by atoms with Gasteiger partial charge in [0.25, 0.3) is 5.91 Å². The lowest BCUT2D eigenvalue weighted by atomic mass is 9.92. The number of hydrogen-bond acceptors (Lipinski definition) is 4. The molecular weight excluding hydrogens is 218 g/mol. The van der Waals surface area contributed by atoms with E-state index >= 15 is 0 Å². The Morgan fingerprint density at radius 2 is 2.24 bits per heavy atom. The van der Waals surface area contributed by atoms with Crippen molar-refractivity contribution in [2.45, 2.75) is 38.6 Å². The van der Waals surface area contributed by atoms with E-state index in [0.717, 1.165) is 31.6 Å². The molecule has 2 N–H and O–H groups in total. The number of carbonyl (C=O) groups excluding carboxylic acids is 1. The van der Waals surface area contributed by atoms with Gasteiger partial charge in [0.2, 0.25) is 0 Å². The Bertz CT molecular complexity index is 381. The van der Waals surface area contributed by atoms with Gasteiger partial charge in [-0.05, 0) is 39.8 Å². The maximum Gasteiger partial charge on any atom is 0.256 e. The van der Waals surface area contributed by atoms with E-state index in [1.54, 1.807) is 0 Å². The third-order valence-electron chi connectivity index (χ3n) is 2.99. The van der Waals surface area contributed by atoms with Crippen LogP contribution in [0.3, 0.4) is 0 Å². The highest BCUT2D eigenvalue weighted by Gasteiger charge is 2.25. The van der Waals surface area contributed by atoms with Crippen molar-refractivity contribution in [1.82, 2.24) is 15.8 Å². The van der Waals surface area contributed by atoms with Crippen LogP contribution >= 0.6 is 0 Å². The summed E-state index contributed by atoms with van der Waals surface area (Å²) in [5.74, 6) is 0.248. The van der Waals surface area contributed by atoms with E-state index in [1.807, 2.05) is 13.8 Å². The number of hydrogen-bond donors (Lipinski definition) is 2. The van der Waals surface area contributed by atoms with Crippen molar-refractivity contribution < 1.29 is 9.32 Å². The minimum Gasteiger partial charge on any atom is -0.364 e. The Morgan fingerprint density at radius 3 is 2.88 bits per heavy atom. The number of nitrogens with zero attached hydrogens (tertiary/aromatic N) is 1. The lowest BCUT2D eigenvalue weighted by Crippen LogP contribution is -2.32. The van der Waals surface area contributed by atoms with Crippen molar-refractivity contribution in [2.24, 2.45) is 0 Å². The van der Waals surface area contributed by atoms with Gasteiger partial charge in [0, 0.05) is 12.0 Å². The fourth-order valence-electron chi connectivity index (χ4n) is 2.14. The molecule has 1 aromatic heterocycles. The summed E-state index contributed by atoms with van der Waals surface area (Å²) in [7, 11) is 0. The first-order valence-electron chi connectivity index (χ1n) is 6.14. The third kappa shape index (κ3) is 2.85. The Morgan fingerprint density at radius 1 is 1.53 bits per heavy atom. The van der Waals surface area contributed by atoms with Crippen molar-refractivity contribution in [3.8, 4) is 0 Å². The predicted molar refractivity (Wildman–Crippen MR) is 63.9 cm³/mol. The maximum atomic E-state index is 12.0. The van der Waals surface area contributed by atoms with Gasteiger partial charge in [0.05, 0.1) is 5.69 Å². The highest BCUT2D eigenvalue weighted by atomic mass is 16.5. The van der Waals surface area contributed by atoms with E-state index in [9.17, 15) is 4.79 Å². The van der Waals surface area contributed by atoms with Crippen LogP contribution < -0.4 is 10.6 Å². The summed E-state index contributed by atoms with van der Waals surface area (Å²) < 4.78 is 4.97. The van der Waals surface area contributed by atoms with Crippen LogP contribution in [0.15, 0.2) is 10.8 Å². The molecule has 0 aliphatic carbocycles. The van der Waals surface area contributed by atoms with Gasteiger partial charge >= 0.3 is 0 Å². The highest BCUT2D eigenvalue weighted by molar-refractivity contribution is 5.95. The van der Waals surface area contributed by atoms with Crippen LogP contribution in [0.4, 0.5) is 0 Å². The van der Waals surface area contributed by atoms with Gasteiger partial charge in [-0.2, -0.15) is 0 Å². The number of nitrogens with one attached hydrogen (secondary N) is 2. The SMILES string of the molecule is CC(C)NC(=O)c1conc1C1CCNCC1. The Kier molecular flexibility index (Phi) is 3.78.